The molecule has 2 saturated carbocycles. The smallest absolute Gasteiger partial charge is 0.410 e. The summed E-state index contributed by atoms with van der Waals surface area (Å²) in [6.07, 6.45) is 7.02. The predicted octanol–water partition coefficient (Wildman–Crippen LogP) is 7.81. The average molecular weight is 795 g/mol. The molecule has 4 rings (SSSR count). The van der Waals surface area contributed by atoms with Crippen molar-refractivity contribution in [1.29, 1.82) is 0 Å². The van der Waals surface area contributed by atoms with Crippen LogP contribution in [-0.2, 0) is 31.1 Å². The summed E-state index contributed by atoms with van der Waals surface area (Å²) in [6.45, 7) is 32.4. The number of nitrogens with one attached hydrogen (secondary N) is 3. The highest BCUT2D eigenvalue weighted by Gasteiger charge is 2.53. The van der Waals surface area contributed by atoms with Gasteiger partial charge in [0.2, 0.25) is 0 Å². The number of rotatable bonds is 6. The second-order valence-electron chi connectivity index (χ2n) is 20.1. The molecule has 6 atom stereocenters. The summed E-state index contributed by atoms with van der Waals surface area (Å²) in [4.78, 5) is 14.4. The normalized spacial score (nSPS) is 27.6. The third-order valence-electron chi connectivity index (χ3n) is 11.6. The summed E-state index contributed by atoms with van der Waals surface area (Å²) < 4.78 is 43.9. The number of aliphatic hydroxyl groups excluding tert-OH is 1. The minimum atomic E-state index is -1.90. The van der Waals surface area contributed by atoms with Crippen LogP contribution in [0.15, 0.2) is 0 Å². The van der Waals surface area contributed by atoms with Gasteiger partial charge in [0, 0.05) is 31.3 Å². The minimum Gasteiger partial charge on any atom is -0.444 e. The fourth-order valence-electron chi connectivity index (χ4n) is 7.54. The second kappa shape index (κ2) is 18.2. The number of piperidine rings is 2. The van der Waals surface area contributed by atoms with Crippen molar-refractivity contribution in [3.8, 4) is 0 Å². The molecule has 4 fully saturated rings. The highest BCUT2D eigenvalue weighted by atomic mass is 32.2. The number of carbonyl (C=O) groups excluding carboxylic acids is 1. The van der Waals surface area contributed by atoms with Crippen molar-refractivity contribution in [3.05, 3.63) is 0 Å². The zero-order valence-electron chi connectivity index (χ0n) is 34.0. The topological polar surface area (TPSA) is 129 Å². The Morgan fingerprint density at radius 3 is 1.63 bits per heavy atom. The Balaban J connectivity index is 0.000000574. The predicted molar refractivity (Wildman–Crippen MR) is 224 cm³/mol. The van der Waals surface area contributed by atoms with Gasteiger partial charge in [-0.15, -0.1) is 0 Å². The van der Waals surface area contributed by atoms with E-state index in [4.69, 9.17) is 9.16 Å². The summed E-state index contributed by atoms with van der Waals surface area (Å²) >= 11 is 0. The summed E-state index contributed by atoms with van der Waals surface area (Å²) in [5, 5.41) is 13.5. The molecule has 2 aliphatic carbocycles. The molecule has 4 N–H and O–H groups in total. The lowest BCUT2D eigenvalue weighted by molar-refractivity contribution is 0.00705. The van der Waals surface area contributed by atoms with Gasteiger partial charge in [-0.3, -0.25) is 0 Å². The molecule has 4 aliphatic rings. The van der Waals surface area contributed by atoms with Crippen LogP contribution in [0.25, 0.3) is 0 Å². The molecular weight excluding hydrogens is 713 g/mol. The van der Waals surface area contributed by atoms with Crippen molar-refractivity contribution in [2.45, 2.75) is 207 Å². The van der Waals surface area contributed by atoms with E-state index in [1.165, 1.54) is 0 Å². The van der Waals surface area contributed by atoms with Crippen LogP contribution >= 0.6 is 0 Å². The molecule has 0 aromatic carbocycles. The van der Waals surface area contributed by atoms with E-state index in [1.54, 1.807) is 0 Å². The van der Waals surface area contributed by atoms with Gasteiger partial charge in [0.1, 0.15) is 5.60 Å². The fraction of sp³-hybridized carbons (Fsp3) is 0.974. The summed E-state index contributed by atoms with van der Waals surface area (Å²) in [5.41, 5.74) is -0.354. The molecule has 0 radical (unpaired) electrons. The van der Waals surface area contributed by atoms with E-state index in [1.807, 2.05) is 67.2 Å². The molecule has 0 bridgehead atoms. The van der Waals surface area contributed by atoms with Gasteiger partial charge in [0.05, 0.1) is 37.6 Å². The van der Waals surface area contributed by atoms with Gasteiger partial charge < -0.3 is 24.5 Å². The van der Waals surface area contributed by atoms with Crippen molar-refractivity contribution in [1.82, 2.24) is 19.7 Å². The molecule has 52 heavy (non-hydrogen) atoms. The Hall–Kier alpha value is -0.413. The molecule has 2 aliphatic heterocycles. The van der Waals surface area contributed by atoms with Crippen molar-refractivity contribution in [3.63, 3.8) is 0 Å². The Morgan fingerprint density at radius 1 is 0.769 bits per heavy atom. The van der Waals surface area contributed by atoms with E-state index in [-0.39, 0.29) is 70.6 Å². The monoisotopic (exact) mass is 795 g/mol. The van der Waals surface area contributed by atoms with Crippen LogP contribution in [0, 0.1) is 10.8 Å². The quantitative estimate of drug-likeness (QED) is 0.202. The first kappa shape index (κ1) is 49.6. The molecule has 2 saturated heterocycles. The van der Waals surface area contributed by atoms with Gasteiger partial charge in [-0.05, 0) is 156 Å². The van der Waals surface area contributed by atoms with Crippen LogP contribution in [0.5, 0.6) is 0 Å². The van der Waals surface area contributed by atoms with E-state index in [9.17, 15) is 18.3 Å². The van der Waals surface area contributed by atoms with Crippen LogP contribution in [0.3, 0.4) is 0 Å². The summed E-state index contributed by atoms with van der Waals surface area (Å²) in [5.74, 6) is 0. The zero-order valence-corrected chi connectivity index (χ0v) is 36.7. The Bertz CT molecular complexity index is 1190. The van der Waals surface area contributed by atoms with Gasteiger partial charge in [-0.2, -0.15) is 0 Å². The maximum absolute atomic E-state index is 13.0. The third-order valence-corrected chi connectivity index (χ3v) is 19.4. The van der Waals surface area contributed by atoms with Crippen LogP contribution in [0.1, 0.15) is 149 Å². The Morgan fingerprint density at radius 2 is 1.21 bits per heavy atom. The first-order chi connectivity index (χ1) is 22.6. The van der Waals surface area contributed by atoms with E-state index < -0.39 is 35.9 Å². The summed E-state index contributed by atoms with van der Waals surface area (Å²) in [6, 6.07) is 0.313. The first-order valence-electron chi connectivity index (χ1n) is 19.0. The molecule has 310 valence electrons. The first-order valence-corrected chi connectivity index (χ1v) is 24.2. The SMILES string of the molecule is C.C.CC(C)(C)OC(=O)N1CCC2(CC1)C[C@@H](O[Si](C)(C)C(C)(C)C)C[C@H]2N[S@](=O)C(C)(C)C.CC(C)(C)[S@@](=O)N[C@@H]1C[C@H](O)CC12CCNCC2. The lowest BCUT2D eigenvalue weighted by atomic mass is 9.74. The van der Waals surface area contributed by atoms with Gasteiger partial charge in [0.25, 0.3) is 0 Å². The molecule has 2 heterocycles. The number of ether oxygens (including phenoxy) is 1. The maximum Gasteiger partial charge on any atom is 0.410 e. The number of hydrogen-bond donors (Lipinski definition) is 4. The second-order valence-corrected chi connectivity index (χ2v) is 28.8. The largest absolute Gasteiger partial charge is 0.444 e. The maximum atomic E-state index is 13.0. The molecule has 0 unspecified atom stereocenters. The number of aliphatic hydroxyl groups is 1. The molecule has 13 heteroatoms. The highest BCUT2D eigenvalue weighted by molar-refractivity contribution is 7.84. The molecular formula is C39H82N4O6S2Si. The third kappa shape index (κ3) is 13.1. The highest BCUT2D eigenvalue weighted by Crippen LogP contribution is 2.50. The number of amides is 1. The van der Waals surface area contributed by atoms with E-state index >= 15 is 0 Å². The van der Waals surface area contributed by atoms with Crippen molar-refractivity contribution < 1.29 is 27.5 Å². The molecule has 1 amide bonds. The van der Waals surface area contributed by atoms with Crippen molar-refractivity contribution in [2.24, 2.45) is 10.8 Å². The van der Waals surface area contributed by atoms with Crippen LogP contribution < -0.4 is 14.8 Å². The van der Waals surface area contributed by atoms with Gasteiger partial charge >= 0.3 is 6.09 Å². The Kier molecular flexibility index (Phi) is 17.4. The Labute approximate surface area is 326 Å². The standard InChI is InChI=1S/C24H48N2O4SSi.C13H26N2O2S.2CH4/c1-21(2,3)29-20(27)26-14-12-24(13-15-26)17-18(30-32(10,11)23(7,8)9)16-19(24)25-31(28)22(4,5)6;1-12(2,3)18(17)15-11-8-10(16)9-13(11)4-6-14-7-5-13;;/h18-19,25H,12-17H2,1-11H3;10-11,14-16H,4-9H2,1-3H3;2*1H4/t18-,19+,31+;10-,11+,18+;;/m00../s1. The number of likely N-dealkylation sites (tertiary alicyclic amines) is 1. The number of carbonyl (C=O) groups is 1. The van der Waals surface area contributed by atoms with Crippen molar-refractivity contribution >= 4 is 36.4 Å². The minimum absolute atomic E-state index is 0. The van der Waals surface area contributed by atoms with Gasteiger partial charge in [-0.1, -0.05) is 35.6 Å². The molecule has 10 nitrogen and oxygen atoms in total. The molecule has 0 aromatic rings. The lowest BCUT2D eigenvalue weighted by Gasteiger charge is -2.44. The average Bonchev–Trinajstić information content (AvgIpc) is 3.41. The number of hydrogen-bond acceptors (Lipinski definition) is 7. The van der Waals surface area contributed by atoms with Gasteiger partial charge in [-0.25, -0.2) is 22.7 Å². The van der Waals surface area contributed by atoms with Gasteiger partial charge in [0.15, 0.2) is 8.32 Å². The van der Waals surface area contributed by atoms with E-state index in [0.29, 0.717) is 13.1 Å². The van der Waals surface area contributed by atoms with E-state index in [2.05, 4.69) is 48.6 Å². The molecule has 0 aromatic heterocycles. The fourth-order valence-corrected chi connectivity index (χ4v) is 10.8. The van der Waals surface area contributed by atoms with Crippen LogP contribution in [0.2, 0.25) is 18.1 Å². The van der Waals surface area contributed by atoms with Crippen LogP contribution in [0.4, 0.5) is 4.79 Å². The molecule has 2 spiro atoms. The zero-order chi connectivity index (χ0) is 38.1. The van der Waals surface area contributed by atoms with Crippen molar-refractivity contribution in [2.75, 3.05) is 26.2 Å². The number of nitrogens with zero attached hydrogens (tertiary/aromatic N) is 1. The van der Waals surface area contributed by atoms with E-state index in [0.717, 1.165) is 64.5 Å². The summed E-state index contributed by atoms with van der Waals surface area (Å²) in [7, 11) is -4.09. The lowest BCUT2D eigenvalue weighted by Crippen LogP contribution is -2.52. The van der Waals surface area contributed by atoms with Crippen LogP contribution in [-0.4, -0.2) is 98.4 Å².